The fraction of sp³-hybridized carbons (Fsp3) is 0.409. The molecule has 2 aromatic rings. The molecule has 1 saturated heterocycles. The quantitative estimate of drug-likeness (QED) is 0.806. The molecule has 1 amide bonds. The summed E-state index contributed by atoms with van der Waals surface area (Å²) in [7, 11) is 0. The Morgan fingerprint density at radius 3 is 2.71 bits per heavy atom. The summed E-state index contributed by atoms with van der Waals surface area (Å²) in [6.07, 6.45) is 2.61. The average Bonchev–Trinajstić information content (AvgIpc) is 2.73. The van der Waals surface area contributed by atoms with Gasteiger partial charge in [-0.25, -0.2) is 0 Å². The van der Waals surface area contributed by atoms with E-state index in [0.29, 0.717) is 19.6 Å². The van der Waals surface area contributed by atoms with E-state index in [0.717, 1.165) is 43.9 Å². The Morgan fingerprint density at radius 1 is 1.11 bits per heavy atom. The smallest absolute Gasteiger partial charge is 0.221 e. The number of nitrogens with one attached hydrogen (secondary N) is 2. The van der Waals surface area contributed by atoms with Crippen molar-refractivity contribution in [3.05, 3.63) is 53.6 Å². The van der Waals surface area contributed by atoms with Crippen molar-refractivity contribution < 1.29 is 14.3 Å². The maximum Gasteiger partial charge on any atom is 0.221 e. The third-order valence-electron chi connectivity index (χ3n) is 5.12. The Bertz CT molecular complexity index is 789. The van der Waals surface area contributed by atoms with E-state index in [4.69, 9.17) is 9.47 Å². The molecule has 2 aromatic carbocycles. The number of rotatable bonds is 5. The highest BCUT2D eigenvalue weighted by molar-refractivity contribution is 5.85. The minimum atomic E-state index is 0. The van der Waals surface area contributed by atoms with E-state index in [1.807, 2.05) is 0 Å². The van der Waals surface area contributed by atoms with E-state index in [1.165, 1.54) is 16.7 Å². The van der Waals surface area contributed by atoms with Crippen LogP contribution in [0.1, 0.15) is 24.0 Å². The Labute approximate surface area is 172 Å². The van der Waals surface area contributed by atoms with Gasteiger partial charge in [-0.05, 0) is 47.2 Å². The van der Waals surface area contributed by atoms with Gasteiger partial charge >= 0.3 is 0 Å². The van der Waals surface area contributed by atoms with Gasteiger partial charge in [-0.2, -0.15) is 0 Å². The van der Waals surface area contributed by atoms with Crippen molar-refractivity contribution in [1.29, 1.82) is 0 Å². The third kappa shape index (κ3) is 5.25. The Hall–Kier alpha value is -2.08. The summed E-state index contributed by atoms with van der Waals surface area (Å²) < 4.78 is 11.1. The van der Waals surface area contributed by atoms with E-state index in [2.05, 4.69) is 53.1 Å². The lowest BCUT2D eigenvalue weighted by Gasteiger charge is -2.23. The van der Waals surface area contributed by atoms with Crippen LogP contribution in [0.3, 0.4) is 0 Å². The number of amides is 1. The fourth-order valence-corrected chi connectivity index (χ4v) is 3.60. The number of hydrogen-bond donors (Lipinski definition) is 2. The van der Waals surface area contributed by atoms with Crippen molar-refractivity contribution in [2.75, 3.05) is 26.4 Å². The Kier molecular flexibility index (Phi) is 7.31. The van der Waals surface area contributed by atoms with Crippen LogP contribution in [0.15, 0.2) is 42.5 Å². The second-order valence-corrected chi connectivity index (χ2v) is 7.18. The first kappa shape index (κ1) is 20.6. The summed E-state index contributed by atoms with van der Waals surface area (Å²) in [6.45, 7) is 3.51. The van der Waals surface area contributed by atoms with Crippen molar-refractivity contribution in [2.24, 2.45) is 0 Å². The van der Waals surface area contributed by atoms with Crippen LogP contribution in [0.2, 0.25) is 0 Å². The zero-order valence-corrected chi connectivity index (χ0v) is 16.7. The standard InChI is InChI=1S/C22H26N2O3.ClH/c25-22(13-20-15-26-11-9-23-20)24-14-16-3-5-17(6-4-16)18-7-8-21-19(12-18)2-1-10-27-21;/h3-8,12,20,23H,1-2,9-11,13-15H2,(H,24,25);1H. The monoisotopic (exact) mass is 402 g/mol. The molecule has 1 atom stereocenters. The van der Waals surface area contributed by atoms with Crippen LogP contribution in [0.4, 0.5) is 0 Å². The van der Waals surface area contributed by atoms with Crippen molar-refractivity contribution in [3.63, 3.8) is 0 Å². The molecule has 0 bridgehead atoms. The summed E-state index contributed by atoms with van der Waals surface area (Å²) in [4.78, 5) is 12.1. The number of aryl methyl sites for hydroxylation is 1. The fourth-order valence-electron chi connectivity index (χ4n) is 3.60. The van der Waals surface area contributed by atoms with Gasteiger partial charge in [0.2, 0.25) is 5.91 Å². The normalized spacial score (nSPS) is 18.4. The summed E-state index contributed by atoms with van der Waals surface area (Å²) in [6, 6.07) is 14.9. The Morgan fingerprint density at radius 2 is 1.93 bits per heavy atom. The number of carbonyl (C=O) groups excluding carboxylic acids is 1. The molecule has 6 heteroatoms. The van der Waals surface area contributed by atoms with E-state index in [1.54, 1.807) is 0 Å². The van der Waals surface area contributed by atoms with Gasteiger partial charge in [-0.1, -0.05) is 30.3 Å². The molecule has 0 spiro atoms. The lowest BCUT2D eigenvalue weighted by Crippen LogP contribution is -2.44. The third-order valence-corrected chi connectivity index (χ3v) is 5.12. The molecule has 150 valence electrons. The molecule has 5 nitrogen and oxygen atoms in total. The topological polar surface area (TPSA) is 59.6 Å². The van der Waals surface area contributed by atoms with Gasteiger partial charge in [0.1, 0.15) is 5.75 Å². The first-order valence-corrected chi connectivity index (χ1v) is 9.71. The molecule has 1 fully saturated rings. The largest absolute Gasteiger partial charge is 0.493 e. The maximum atomic E-state index is 12.1. The molecule has 2 aliphatic rings. The van der Waals surface area contributed by atoms with Crippen LogP contribution in [0.5, 0.6) is 5.75 Å². The number of carbonyl (C=O) groups is 1. The molecule has 2 N–H and O–H groups in total. The first-order valence-electron chi connectivity index (χ1n) is 9.71. The maximum absolute atomic E-state index is 12.1. The zero-order chi connectivity index (χ0) is 18.5. The van der Waals surface area contributed by atoms with Crippen molar-refractivity contribution in [1.82, 2.24) is 10.6 Å². The van der Waals surface area contributed by atoms with Gasteiger partial charge in [0.15, 0.2) is 0 Å². The number of halogens is 1. The SMILES string of the molecule is Cl.O=C(CC1COCCN1)NCc1ccc(-c2ccc3c(c2)CCCO3)cc1. The van der Waals surface area contributed by atoms with Gasteiger partial charge in [0, 0.05) is 25.6 Å². The minimum absolute atomic E-state index is 0. The lowest BCUT2D eigenvalue weighted by atomic mass is 9.98. The molecule has 1 unspecified atom stereocenters. The lowest BCUT2D eigenvalue weighted by molar-refractivity contribution is -0.122. The van der Waals surface area contributed by atoms with Gasteiger partial charge in [-0.3, -0.25) is 4.79 Å². The second kappa shape index (κ2) is 9.92. The minimum Gasteiger partial charge on any atom is -0.493 e. The van der Waals surface area contributed by atoms with Crippen LogP contribution in [0, 0.1) is 0 Å². The molecule has 0 radical (unpaired) electrons. The average molecular weight is 403 g/mol. The zero-order valence-electron chi connectivity index (χ0n) is 15.9. The molecule has 28 heavy (non-hydrogen) atoms. The molecule has 0 aliphatic carbocycles. The van der Waals surface area contributed by atoms with Crippen LogP contribution in [-0.2, 0) is 22.5 Å². The van der Waals surface area contributed by atoms with Crippen molar-refractivity contribution >= 4 is 18.3 Å². The molecule has 4 rings (SSSR count). The van der Waals surface area contributed by atoms with Crippen LogP contribution in [-0.4, -0.2) is 38.3 Å². The Balaban J connectivity index is 0.00000225. The van der Waals surface area contributed by atoms with Gasteiger partial charge in [0.05, 0.1) is 19.8 Å². The van der Waals surface area contributed by atoms with Crippen LogP contribution < -0.4 is 15.4 Å². The van der Waals surface area contributed by atoms with Crippen LogP contribution in [0.25, 0.3) is 11.1 Å². The van der Waals surface area contributed by atoms with Crippen LogP contribution >= 0.6 is 12.4 Å². The summed E-state index contributed by atoms with van der Waals surface area (Å²) in [5.74, 6) is 1.07. The molecule has 0 saturated carbocycles. The first-order chi connectivity index (χ1) is 13.3. The summed E-state index contributed by atoms with van der Waals surface area (Å²) >= 11 is 0. The highest BCUT2D eigenvalue weighted by Crippen LogP contribution is 2.30. The highest BCUT2D eigenvalue weighted by atomic mass is 35.5. The molecule has 2 aliphatic heterocycles. The van der Waals surface area contributed by atoms with E-state index < -0.39 is 0 Å². The van der Waals surface area contributed by atoms with E-state index in [9.17, 15) is 4.79 Å². The second-order valence-electron chi connectivity index (χ2n) is 7.18. The number of fused-ring (bicyclic) bond motifs is 1. The van der Waals surface area contributed by atoms with Gasteiger partial charge in [0.25, 0.3) is 0 Å². The molecular weight excluding hydrogens is 376 g/mol. The number of benzene rings is 2. The molecule has 2 heterocycles. The molecule has 0 aromatic heterocycles. The predicted octanol–water partition coefficient (Wildman–Crippen LogP) is 3.10. The number of hydrogen-bond acceptors (Lipinski definition) is 4. The predicted molar refractivity (Wildman–Crippen MR) is 112 cm³/mol. The van der Waals surface area contributed by atoms with Crippen molar-refractivity contribution in [3.8, 4) is 16.9 Å². The number of ether oxygens (including phenoxy) is 2. The van der Waals surface area contributed by atoms with Gasteiger partial charge in [-0.15, -0.1) is 12.4 Å². The number of morpholine rings is 1. The summed E-state index contributed by atoms with van der Waals surface area (Å²) in [5, 5.41) is 6.30. The molecular formula is C22H27ClN2O3. The van der Waals surface area contributed by atoms with Crippen molar-refractivity contribution in [2.45, 2.75) is 31.8 Å². The summed E-state index contributed by atoms with van der Waals surface area (Å²) in [5.41, 5.74) is 4.77. The highest BCUT2D eigenvalue weighted by Gasteiger charge is 2.16. The van der Waals surface area contributed by atoms with E-state index in [-0.39, 0.29) is 24.4 Å². The van der Waals surface area contributed by atoms with Gasteiger partial charge < -0.3 is 20.1 Å². The van der Waals surface area contributed by atoms with E-state index >= 15 is 0 Å².